The number of hydrogen-bond acceptors (Lipinski definition) is 4. The average molecular weight is 386 g/mol. The molecule has 2 N–H and O–H groups in total. The molecule has 0 heterocycles. The van der Waals surface area contributed by atoms with Crippen molar-refractivity contribution in [3.8, 4) is 17.2 Å². The van der Waals surface area contributed by atoms with Crippen LogP contribution in [0.5, 0.6) is 17.2 Å². The number of benzene rings is 2. The highest BCUT2D eigenvalue weighted by Gasteiger charge is 2.07. The molecule has 0 fully saturated rings. The summed E-state index contributed by atoms with van der Waals surface area (Å²) in [7, 11) is 0. The van der Waals surface area contributed by atoms with E-state index < -0.39 is 0 Å². The Labute approximate surface area is 167 Å². The van der Waals surface area contributed by atoms with Gasteiger partial charge >= 0.3 is 6.03 Å². The number of rotatable bonds is 10. The Kier molecular flexibility index (Phi) is 8.46. The second-order valence-electron chi connectivity index (χ2n) is 6.39. The van der Waals surface area contributed by atoms with E-state index in [1.165, 1.54) is 5.56 Å². The first-order valence-corrected chi connectivity index (χ1v) is 9.63. The van der Waals surface area contributed by atoms with Gasteiger partial charge in [0.25, 0.3) is 0 Å². The second-order valence-corrected chi connectivity index (χ2v) is 6.39. The van der Waals surface area contributed by atoms with Crippen LogP contribution in [0.3, 0.4) is 0 Å². The second kappa shape index (κ2) is 11.1. The topological polar surface area (TPSA) is 68.8 Å². The summed E-state index contributed by atoms with van der Waals surface area (Å²) in [6.45, 7) is 9.68. The van der Waals surface area contributed by atoms with Gasteiger partial charge in [-0.2, -0.15) is 0 Å². The van der Waals surface area contributed by atoms with Crippen LogP contribution in [-0.2, 0) is 6.42 Å². The van der Waals surface area contributed by atoms with Crippen LogP contribution in [-0.4, -0.2) is 32.5 Å². The van der Waals surface area contributed by atoms with Gasteiger partial charge in [0.15, 0.2) is 18.2 Å². The highest BCUT2D eigenvalue weighted by atomic mass is 16.5. The fourth-order valence-electron chi connectivity index (χ4n) is 2.77. The third-order valence-electron chi connectivity index (χ3n) is 4.10. The smallest absolute Gasteiger partial charge is 0.317 e. The average Bonchev–Trinajstić information content (AvgIpc) is 2.66. The van der Waals surface area contributed by atoms with Crippen LogP contribution in [0.15, 0.2) is 36.4 Å². The Bertz CT molecular complexity index is 777. The molecule has 6 nitrogen and oxygen atoms in total. The van der Waals surface area contributed by atoms with Crippen molar-refractivity contribution in [2.24, 2.45) is 0 Å². The Morgan fingerprint density at radius 2 is 1.57 bits per heavy atom. The van der Waals surface area contributed by atoms with Gasteiger partial charge in [0.1, 0.15) is 5.75 Å². The maximum Gasteiger partial charge on any atom is 0.317 e. The molecule has 0 atom stereocenters. The summed E-state index contributed by atoms with van der Waals surface area (Å²) in [5.41, 5.74) is 3.29. The van der Waals surface area contributed by atoms with Gasteiger partial charge in [0.2, 0.25) is 0 Å². The Morgan fingerprint density at radius 3 is 2.29 bits per heavy atom. The van der Waals surface area contributed by atoms with E-state index in [0.29, 0.717) is 26.2 Å². The number of aryl methyl sites for hydroxylation is 2. The maximum absolute atomic E-state index is 11.9. The first kappa shape index (κ1) is 21.4. The fourth-order valence-corrected chi connectivity index (χ4v) is 2.77. The summed E-state index contributed by atoms with van der Waals surface area (Å²) in [6, 6.07) is 11.5. The summed E-state index contributed by atoms with van der Waals surface area (Å²) in [5, 5.41) is 5.53. The predicted octanol–water partition coefficient (Wildman–Crippen LogP) is 3.98. The molecule has 0 aliphatic carbocycles. The number of hydrogen-bond donors (Lipinski definition) is 2. The SMILES string of the molecule is CCOc1ccc(CCNC(=O)NCOc2ccc(C)cc2C)cc1OCC. The molecule has 2 aromatic rings. The lowest BCUT2D eigenvalue weighted by Crippen LogP contribution is -2.38. The largest absolute Gasteiger partial charge is 0.490 e. The lowest BCUT2D eigenvalue weighted by Gasteiger charge is -2.13. The number of nitrogens with one attached hydrogen (secondary N) is 2. The number of carbonyl (C=O) groups excluding carboxylic acids is 1. The minimum Gasteiger partial charge on any atom is -0.490 e. The molecule has 152 valence electrons. The molecule has 0 radical (unpaired) electrons. The summed E-state index contributed by atoms with van der Waals surface area (Å²) >= 11 is 0. The lowest BCUT2D eigenvalue weighted by atomic mass is 10.1. The molecule has 0 saturated heterocycles. The van der Waals surface area contributed by atoms with Crippen molar-refractivity contribution in [1.82, 2.24) is 10.6 Å². The monoisotopic (exact) mass is 386 g/mol. The van der Waals surface area contributed by atoms with Gasteiger partial charge in [-0.1, -0.05) is 23.8 Å². The molecule has 0 unspecified atom stereocenters. The highest BCUT2D eigenvalue weighted by molar-refractivity contribution is 5.73. The minimum atomic E-state index is -0.263. The molecular weight excluding hydrogens is 356 g/mol. The lowest BCUT2D eigenvalue weighted by molar-refractivity contribution is 0.224. The van der Waals surface area contributed by atoms with E-state index in [-0.39, 0.29) is 12.8 Å². The van der Waals surface area contributed by atoms with E-state index in [0.717, 1.165) is 28.4 Å². The van der Waals surface area contributed by atoms with E-state index in [4.69, 9.17) is 14.2 Å². The normalized spacial score (nSPS) is 10.3. The van der Waals surface area contributed by atoms with Crippen molar-refractivity contribution in [3.05, 3.63) is 53.1 Å². The van der Waals surface area contributed by atoms with Crippen molar-refractivity contribution in [2.45, 2.75) is 34.1 Å². The number of carbonyl (C=O) groups is 1. The molecule has 2 amide bonds. The first-order chi connectivity index (χ1) is 13.5. The number of ether oxygens (including phenoxy) is 3. The zero-order chi connectivity index (χ0) is 20.4. The van der Waals surface area contributed by atoms with Gasteiger partial charge in [0, 0.05) is 6.54 Å². The van der Waals surface area contributed by atoms with Gasteiger partial charge in [-0.05, 0) is 63.4 Å². The van der Waals surface area contributed by atoms with Gasteiger partial charge in [-0.3, -0.25) is 0 Å². The van der Waals surface area contributed by atoms with Gasteiger partial charge in [-0.25, -0.2) is 4.79 Å². The van der Waals surface area contributed by atoms with Gasteiger partial charge in [-0.15, -0.1) is 0 Å². The molecule has 0 spiro atoms. The van der Waals surface area contributed by atoms with E-state index in [1.54, 1.807) is 0 Å². The summed E-state index contributed by atoms with van der Waals surface area (Å²) in [5.74, 6) is 2.24. The minimum absolute atomic E-state index is 0.118. The van der Waals surface area contributed by atoms with Crippen LogP contribution in [0.1, 0.15) is 30.5 Å². The Hall–Kier alpha value is -2.89. The number of urea groups is 1. The Morgan fingerprint density at radius 1 is 0.857 bits per heavy atom. The molecule has 0 bridgehead atoms. The zero-order valence-corrected chi connectivity index (χ0v) is 17.1. The predicted molar refractivity (Wildman–Crippen MR) is 110 cm³/mol. The van der Waals surface area contributed by atoms with Gasteiger partial charge < -0.3 is 24.8 Å². The molecule has 2 rings (SSSR count). The van der Waals surface area contributed by atoms with Crippen LogP contribution in [0.25, 0.3) is 0 Å². The molecule has 0 aliphatic heterocycles. The van der Waals surface area contributed by atoms with E-state index in [2.05, 4.69) is 10.6 Å². The van der Waals surface area contributed by atoms with Crippen molar-refractivity contribution in [3.63, 3.8) is 0 Å². The van der Waals surface area contributed by atoms with Crippen molar-refractivity contribution in [1.29, 1.82) is 0 Å². The van der Waals surface area contributed by atoms with Crippen LogP contribution in [0, 0.1) is 13.8 Å². The van der Waals surface area contributed by atoms with Crippen molar-refractivity contribution >= 4 is 6.03 Å². The van der Waals surface area contributed by atoms with E-state index >= 15 is 0 Å². The van der Waals surface area contributed by atoms with E-state index in [9.17, 15) is 4.79 Å². The van der Waals surface area contributed by atoms with Crippen molar-refractivity contribution in [2.75, 3.05) is 26.5 Å². The molecule has 0 saturated carbocycles. The fraction of sp³-hybridized carbons (Fsp3) is 0.409. The summed E-state index contributed by atoms with van der Waals surface area (Å²) in [6.07, 6.45) is 0.692. The third-order valence-corrected chi connectivity index (χ3v) is 4.10. The third kappa shape index (κ3) is 6.68. The van der Waals surface area contributed by atoms with E-state index in [1.807, 2.05) is 64.1 Å². The Balaban J connectivity index is 1.75. The molecule has 0 aliphatic rings. The zero-order valence-electron chi connectivity index (χ0n) is 17.1. The summed E-state index contributed by atoms with van der Waals surface area (Å²) < 4.78 is 16.8. The standard InChI is InChI=1S/C22H30N2O4/c1-5-26-20-10-8-18(14-21(20)27-6-2)11-12-23-22(25)24-15-28-19-9-7-16(3)13-17(19)4/h7-10,13-14H,5-6,11-12,15H2,1-4H3,(H2,23,24,25). The number of amides is 2. The molecule has 6 heteroatoms. The molecule has 0 aromatic heterocycles. The summed E-state index contributed by atoms with van der Waals surface area (Å²) in [4.78, 5) is 11.9. The first-order valence-electron chi connectivity index (χ1n) is 9.63. The maximum atomic E-state index is 11.9. The van der Waals surface area contributed by atoms with Crippen molar-refractivity contribution < 1.29 is 19.0 Å². The highest BCUT2D eigenvalue weighted by Crippen LogP contribution is 2.28. The molecular formula is C22H30N2O4. The van der Waals surface area contributed by atoms with Gasteiger partial charge in [0.05, 0.1) is 13.2 Å². The molecule has 2 aromatic carbocycles. The van der Waals surface area contributed by atoms with Crippen LogP contribution >= 0.6 is 0 Å². The van der Waals surface area contributed by atoms with Crippen LogP contribution < -0.4 is 24.8 Å². The van der Waals surface area contributed by atoms with Crippen LogP contribution in [0.4, 0.5) is 4.79 Å². The van der Waals surface area contributed by atoms with Crippen LogP contribution in [0.2, 0.25) is 0 Å². The molecule has 28 heavy (non-hydrogen) atoms. The quantitative estimate of drug-likeness (QED) is 0.606.